The van der Waals surface area contributed by atoms with Gasteiger partial charge >= 0.3 is 0 Å². The van der Waals surface area contributed by atoms with Gasteiger partial charge in [0.25, 0.3) is 11.6 Å². The second-order valence-electron chi connectivity index (χ2n) is 4.73. The Kier molecular flexibility index (Phi) is 5.00. The molecule has 104 valence electrons. The number of para-hydroxylation sites is 1. The van der Waals surface area contributed by atoms with Crippen molar-refractivity contribution in [2.75, 3.05) is 6.61 Å². The Morgan fingerprint density at radius 3 is 2.58 bits per heavy atom. The van der Waals surface area contributed by atoms with Crippen LogP contribution in [-0.4, -0.2) is 28.6 Å². The van der Waals surface area contributed by atoms with Crippen LogP contribution in [0.15, 0.2) is 18.2 Å². The number of benzene rings is 1. The number of hydrogen-bond donors (Lipinski definition) is 2. The zero-order valence-corrected chi connectivity index (χ0v) is 11.2. The van der Waals surface area contributed by atoms with Crippen LogP contribution in [0.3, 0.4) is 0 Å². The molecule has 1 aromatic rings. The van der Waals surface area contributed by atoms with E-state index in [1.165, 1.54) is 6.07 Å². The molecule has 0 aromatic heterocycles. The summed E-state index contributed by atoms with van der Waals surface area (Å²) in [7, 11) is 0. The molecule has 0 aliphatic heterocycles. The second-order valence-corrected chi connectivity index (χ2v) is 4.73. The number of nitrogens with one attached hydrogen (secondary N) is 1. The monoisotopic (exact) mass is 266 g/mol. The summed E-state index contributed by atoms with van der Waals surface area (Å²) in [4.78, 5) is 22.5. The molecule has 1 unspecified atom stereocenters. The first-order valence-electron chi connectivity index (χ1n) is 6.04. The van der Waals surface area contributed by atoms with E-state index in [0.717, 1.165) is 0 Å². The van der Waals surface area contributed by atoms with E-state index in [2.05, 4.69) is 5.32 Å². The predicted molar refractivity (Wildman–Crippen MR) is 71.0 cm³/mol. The van der Waals surface area contributed by atoms with Crippen LogP contribution in [-0.2, 0) is 0 Å². The molecule has 0 fully saturated rings. The maximum atomic E-state index is 12.1. The third-order valence-corrected chi connectivity index (χ3v) is 2.98. The number of amides is 1. The summed E-state index contributed by atoms with van der Waals surface area (Å²) in [6, 6.07) is 4.17. The molecule has 2 N–H and O–H groups in total. The van der Waals surface area contributed by atoms with Crippen LogP contribution in [0.5, 0.6) is 0 Å². The molecule has 19 heavy (non-hydrogen) atoms. The molecule has 1 aromatic carbocycles. The second kappa shape index (κ2) is 6.29. The van der Waals surface area contributed by atoms with Crippen LogP contribution in [0.25, 0.3) is 0 Å². The summed E-state index contributed by atoms with van der Waals surface area (Å²) in [6.45, 7) is 5.08. The van der Waals surface area contributed by atoms with Gasteiger partial charge in [0.05, 0.1) is 17.6 Å². The van der Waals surface area contributed by atoms with E-state index in [9.17, 15) is 20.0 Å². The highest BCUT2D eigenvalue weighted by Crippen LogP contribution is 2.23. The molecule has 0 aliphatic carbocycles. The largest absolute Gasteiger partial charge is 0.394 e. The Hall–Kier alpha value is -1.95. The maximum absolute atomic E-state index is 12.1. The van der Waals surface area contributed by atoms with Crippen LogP contribution >= 0.6 is 0 Å². The fourth-order valence-electron chi connectivity index (χ4n) is 1.75. The van der Waals surface area contributed by atoms with Gasteiger partial charge in [-0.1, -0.05) is 26.0 Å². The van der Waals surface area contributed by atoms with Crippen LogP contribution in [0.4, 0.5) is 5.69 Å². The van der Waals surface area contributed by atoms with Crippen LogP contribution in [0.2, 0.25) is 0 Å². The van der Waals surface area contributed by atoms with E-state index in [1.54, 1.807) is 19.1 Å². The van der Waals surface area contributed by atoms with Crippen molar-refractivity contribution in [3.05, 3.63) is 39.4 Å². The standard InChI is InChI=1S/C13H18N2O4/c1-8(2)11(7-16)14-13(17)10-6-4-5-9(3)12(10)15(18)19/h4-6,8,11,16H,7H2,1-3H3,(H,14,17). The van der Waals surface area contributed by atoms with Crippen molar-refractivity contribution >= 4 is 11.6 Å². The van der Waals surface area contributed by atoms with Gasteiger partial charge in [-0.05, 0) is 18.9 Å². The Balaban J connectivity index is 3.07. The minimum atomic E-state index is -0.562. The number of nitro benzene ring substituents is 1. The number of rotatable bonds is 5. The van der Waals surface area contributed by atoms with Gasteiger partial charge in [0.2, 0.25) is 0 Å². The number of hydrogen-bond acceptors (Lipinski definition) is 4. The van der Waals surface area contributed by atoms with Crippen molar-refractivity contribution < 1.29 is 14.8 Å². The summed E-state index contributed by atoms with van der Waals surface area (Å²) in [5.74, 6) is -0.499. The topological polar surface area (TPSA) is 92.5 Å². The van der Waals surface area contributed by atoms with Gasteiger partial charge in [-0.15, -0.1) is 0 Å². The number of carbonyl (C=O) groups excluding carboxylic acids is 1. The van der Waals surface area contributed by atoms with E-state index in [0.29, 0.717) is 5.56 Å². The minimum Gasteiger partial charge on any atom is -0.394 e. The smallest absolute Gasteiger partial charge is 0.285 e. The quantitative estimate of drug-likeness (QED) is 0.626. The van der Waals surface area contributed by atoms with Crippen molar-refractivity contribution in [1.29, 1.82) is 0 Å². The summed E-state index contributed by atoms with van der Waals surface area (Å²) in [5.41, 5.74) is 0.257. The molecule has 0 saturated carbocycles. The lowest BCUT2D eigenvalue weighted by molar-refractivity contribution is -0.385. The van der Waals surface area contributed by atoms with E-state index < -0.39 is 16.9 Å². The van der Waals surface area contributed by atoms with Crippen molar-refractivity contribution in [2.45, 2.75) is 26.8 Å². The average molecular weight is 266 g/mol. The maximum Gasteiger partial charge on any atom is 0.285 e. The molecule has 1 amide bonds. The number of nitrogens with zero attached hydrogens (tertiary/aromatic N) is 1. The summed E-state index contributed by atoms with van der Waals surface area (Å²) in [6.07, 6.45) is 0. The highest BCUT2D eigenvalue weighted by Gasteiger charge is 2.24. The summed E-state index contributed by atoms with van der Waals surface area (Å²) < 4.78 is 0. The van der Waals surface area contributed by atoms with Gasteiger partial charge in [0.1, 0.15) is 5.56 Å². The van der Waals surface area contributed by atoms with Gasteiger partial charge in [-0.2, -0.15) is 0 Å². The molecule has 0 spiro atoms. The normalized spacial score (nSPS) is 12.3. The Morgan fingerprint density at radius 2 is 2.11 bits per heavy atom. The predicted octanol–water partition coefficient (Wildman–Crippen LogP) is 1.65. The van der Waals surface area contributed by atoms with E-state index in [1.807, 2.05) is 13.8 Å². The van der Waals surface area contributed by atoms with E-state index in [4.69, 9.17) is 0 Å². The number of nitro groups is 1. The zero-order chi connectivity index (χ0) is 14.6. The highest BCUT2D eigenvalue weighted by atomic mass is 16.6. The first kappa shape index (κ1) is 15.1. The fraction of sp³-hybridized carbons (Fsp3) is 0.462. The molecule has 0 aliphatic rings. The molecule has 1 atom stereocenters. The number of carbonyl (C=O) groups is 1. The molecule has 6 heteroatoms. The molecule has 0 heterocycles. The Bertz CT molecular complexity index is 486. The summed E-state index contributed by atoms with van der Waals surface area (Å²) in [5, 5.41) is 22.8. The average Bonchev–Trinajstić information content (AvgIpc) is 2.34. The molecule has 6 nitrogen and oxygen atoms in total. The van der Waals surface area contributed by atoms with Crippen molar-refractivity contribution in [3.63, 3.8) is 0 Å². The molecule has 1 rings (SSSR count). The third-order valence-electron chi connectivity index (χ3n) is 2.98. The Labute approximate surface area is 111 Å². The van der Waals surface area contributed by atoms with Crippen molar-refractivity contribution in [1.82, 2.24) is 5.32 Å². The summed E-state index contributed by atoms with van der Waals surface area (Å²) >= 11 is 0. The van der Waals surface area contributed by atoms with Crippen LogP contribution in [0, 0.1) is 23.0 Å². The molecule has 0 radical (unpaired) electrons. The fourth-order valence-corrected chi connectivity index (χ4v) is 1.75. The zero-order valence-electron chi connectivity index (χ0n) is 11.2. The van der Waals surface area contributed by atoms with Crippen molar-refractivity contribution in [2.24, 2.45) is 5.92 Å². The van der Waals surface area contributed by atoms with Gasteiger partial charge in [-0.25, -0.2) is 0 Å². The lowest BCUT2D eigenvalue weighted by Gasteiger charge is -2.19. The first-order valence-corrected chi connectivity index (χ1v) is 6.04. The minimum absolute atomic E-state index is 0.0177. The molecular weight excluding hydrogens is 248 g/mol. The number of aliphatic hydroxyl groups is 1. The van der Waals surface area contributed by atoms with Gasteiger partial charge < -0.3 is 10.4 Å². The van der Waals surface area contributed by atoms with E-state index >= 15 is 0 Å². The lowest BCUT2D eigenvalue weighted by atomic mass is 10.0. The molecule has 0 bridgehead atoms. The highest BCUT2D eigenvalue weighted by molar-refractivity contribution is 5.98. The number of aliphatic hydroxyl groups excluding tert-OH is 1. The van der Waals surface area contributed by atoms with Gasteiger partial charge in [0.15, 0.2) is 0 Å². The SMILES string of the molecule is Cc1cccc(C(=O)NC(CO)C(C)C)c1[N+](=O)[O-]. The number of aryl methyl sites for hydroxylation is 1. The first-order chi connectivity index (χ1) is 8.88. The van der Waals surface area contributed by atoms with Crippen molar-refractivity contribution in [3.8, 4) is 0 Å². The third kappa shape index (κ3) is 3.51. The molecular formula is C13H18N2O4. The van der Waals surface area contributed by atoms with Crippen LogP contribution in [0.1, 0.15) is 29.8 Å². The molecule has 0 saturated heterocycles. The van der Waals surface area contributed by atoms with Crippen LogP contribution < -0.4 is 5.32 Å². The van der Waals surface area contributed by atoms with E-state index in [-0.39, 0.29) is 23.8 Å². The Morgan fingerprint density at radius 1 is 1.47 bits per heavy atom. The van der Waals surface area contributed by atoms with Gasteiger partial charge in [0, 0.05) is 5.56 Å². The lowest BCUT2D eigenvalue weighted by Crippen LogP contribution is -2.41. The van der Waals surface area contributed by atoms with Gasteiger partial charge in [-0.3, -0.25) is 14.9 Å².